The molecule has 0 aliphatic rings. The van der Waals surface area contributed by atoms with Crippen LogP contribution in [0.5, 0.6) is 0 Å². The standard InChI is InChI=1S/C4H9N2.CH4O4S/c1-6(2,3)4-5;1-5-6(2,3)4/h1-3H3;1H3,(H,2,3,4)/q+1;/p-1. The Morgan fingerprint density at radius 3 is 1.58 bits per heavy atom. The van der Waals surface area contributed by atoms with Gasteiger partial charge in [0.25, 0.3) is 0 Å². The van der Waals surface area contributed by atoms with E-state index in [-0.39, 0.29) is 0 Å². The van der Waals surface area contributed by atoms with Crippen molar-refractivity contribution in [2.75, 3.05) is 28.3 Å². The maximum atomic E-state index is 9.22. The van der Waals surface area contributed by atoms with Crippen molar-refractivity contribution < 1.29 is 21.6 Å². The summed E-state index contributed by atoms with van der Waals surface area (Å²) in [4.78, 5) is 0. The van der Waals surface area contributed by atoms with Crippen molar-refractivity contribution in [1.82, 2.24) is 0 Å². The Kier molecular flexibility index (Phi) is 5.84. The summed E-state index contributed by atoms with van der Waals surface area (Å²) in [5.41, 5.74) is 0. The Morgan fingerprint density at radius 1 is 1.42 bits per heavy atom. The van der Waals surface area contributed by atoms with Gasteiger partial charge in [0.05, 0.1) is 28.3 Å². The normalized spacial score (nSPS) is 11.0. The molecule has 0 amide bonds. The van der Waals surface area contributed by atoms with E-state index in [1.807, 2.05) is 27.3 Å². The van der Waals surface area contributed by atoms with Gasteiger partial charge in [-0.05, 0) is 0 Å². The quantitative estimate of drug-likeness (QED) is 0.238. The molecule has 6 nitrogen and oxygen atoms in total. The van der Waals surface area contributed by atoms with Crippen molar-refractivity contribution in [3.05, 3.63) is 0 Å². The predicted octanol–water partition coefficient (Wildman–Crippen LogP) is -0.733. The number of hydrogen-bond acceptors (Lipinski definition) is 5. The van der Waals surface area contributed by atoms with Crippen LogP contribution in [0.15, 0.2) is 0 Å². The van der Waals surface area contributed by atoms with E-state index in [2.05, 4.69) is 4.18 Å². The molecular weight excluding hydrogens is 184 g/mol. The molecule has 0 aromatic rings. The van der Waals surface area contributed by atoms with Crippen LogP contribution < -0.4 is 0 Å². The Bertz CT molecular complexity index is 246. The molecule has 0 bridgehead atoms. The third kappa shape index (κ3) is 22.8. The monoisotopic (exact) mass is 196 g/mol. The summed E-state index contributed by atoms with van der Waals surface area (Å²) in [5.74, 6) is 0. The zero-order valence-electron chi connectivity index (χ0n) is 7.44. The number of nitrogens with zero attached hydrogens (tertiary/aromatic N) is 2. The van der Waals surface area contributed by atoms with Crippen LogP contribution in [0, 0.1) is 11.5 Å². The molecule has 0 fully saturated rings. The molecule has 0 N–H and O–H groups in total. The molecular formula is C5H12N2O4S. The first-order chi connectivity index (χ1) is 5.12. The minimum atomic E-state index is -4.41. The van der Waals surface area contributed by atoms with Crippen LogP contribution in [-0.4, -0.2) is 45.7 Å². The lowest BCUT2D eigenvalue weighted by molar-refractivity contribution is -0.802. The highest BCUT2D eigenvalue weighted by molar-refractivity contribution is 7.80. The number of rotatable bonds is 1. The molecule has 0 aromatic carbocycles. The Labute approximate surface area is 72.5 Å². The van der Waals surface area contributed by atoms with Crippen LogP contribution in [0.4, 0.5) is 0 Å². The van der Waals surface area contributed by atoms with Gasteiger partial charge in [-0.1, -0.05) is 0 Å². The highest BCUT2D eigenvalue weighted by Gasteiger charge is 2.00. The second kappa shape index (κ2) is 5.05. The van der Waals surface area contributed by atoms with Crippen molar-refractivity contribution in [2.24, 2.45) is 0 Å². The second-order valence-corrected chi connectivity index (χ2v) is 3.84. The molecule has 0 heterocycles. The molecule has 72 valence electrons. The molecule has 0 saturated carbocycles. The van der Waals surface area contributed by atoms with Gasteiger partial charge in [-0.2, -0.15) is 0 Å². The van der Waals surface area contributed by atoms with Crippen LogP contribution in [-0.2, 0) is 14.6 Å². The summed E-state index contributed by atoms with van der Waals surface area (Å²) in [6, 6.07) is 0. The maximum absolute atomic E-state index is 9.22. The number of quaternary nitrogens is 1. The van der Waals surface area contributed by atoms with Gasteiger partial charge < -0.3 is 4.55 Å². The van der Waals surface area contributed by atoms with E-state index >= 15 is 0 Å². The molecule has 0 rings (SSSR count). The van der Waals surface area contributed by atoms with Crippen molar-refractivity contribution in [2.45, 2.75) is 0 Å². The highest BCUT2D eigenvalue weighted by atomic mass is 32.3. The first kappa shape index (κ1) is 13.9. The van der Waals surface area contributed by atoms with E-state index in [0.717, 1.165) is 7.11 Å². The molecule has 0 atom stereocenters. The van der Waals surface area contributed by atoms with Gasteiger partial charge in [0.2, 0.25) is 10.4 Å². The fraction of sp³-hybridized carbons (Fsp3) is 0.800. The van der Waals surface area contributed by atoms with Gasteiger partial charge in [0.1, 0.15) is 0 Å². The van der Waals surface area contributed by atoms with Crippen LogP contribution in [0.1, 0.15) is 0 Å². The Hall–Kier alpha value is -0.680. The number of hydrogen-bond donors (Lipinski definition) is 0. The molecule has 7 heteroatoms. The van der Waals surface area contributed by atoms with Crippen LogP contribution >= 0.6 is 0 Å². The smallest absolute Gasteiger partial charge is 0.307 e. The molecule has 12 heavy (non-hydrogen) atoms. The first-order valence-electron chi connectivity index (χ1n) is 2.86. The van der Waals surface area contributed by atoms with E-state index in [0.29, 0.717) is 4.48 Å². The molecule has 0 spiro atoms. The lowest BCUT2D eigenvalue weighted by Crippen LogP contribution is -2.26. The Morgan fingerprint density at radius 2 is 1.58 bits per heavy atom. The van der Waals surface area contributed by atoms with Crippen LogP contribution in [0.3, 0.4) is 0 Å². The van der Waals surface area contributed by atoms with Gasteiger partial charge in [-0.25, -0.2) is 12.9 Å². The van der Waals surface area contributed by atoms with Crippen molar-refractivity contribution in [3.8, 4) is 6.19 Å². The van der Waals surface area contributed by atoms with Gasteiger partial charge in [0.15, 0.2) is 0 Å². The summed E-state index contributed by atoms with van der Waals surface area (Å²) in [6.07, 6.45) is 2.04. The summed E-state index contributed by atoms with van der Waals surface area (Å²) in [5, 5.41) is 8.12. The van der Waals surface area contributed by atoms with Gasteiger partial charge in [0, 0.05) is 0 Å². The van der Waals surface area contributed by atoms with Gasteiger partial charge >= 0.3 is 6.19 Å². The zero-order chi connectivity index (χ0) is 10.4. The average Bonchev–Trinajstić information content (AvgIpc) is 1.86. The fourth-order valence-electron chi connectivity index (χ4n) is 0. The third-order valence-corrected chi connectivity index (χ3v) is 0.912. The molecule has 0 aromatic heterocycles. The molecule has 0 aliphatic heterocycles. The maximum Gasteiger partial charge on any atom is 0.307 e. The summed E-state index contributed by atoms with van der Waals surface area (Å²) < 4.78 is 31.4. The summed E-state index contributed by atoms with van der Waals surface area (Å²) >= 11 is 0. The SMILES string of the molecule is COS(=O)(=O)[O-].C[N+](C)(C)C#N. The first-order valence-corrected chi connectivity index (χ1v) is 4.20. The molecule has 0 saturated heterocycles. The second-order valence-electron chi connectivity index (χ2n) is 2.69. The molecule has 0 radical (unpaired) electrons. The number of nitriles is 1. The minimum absolute atomic E-state index is 0.375. The Balaban J connectivity index is 0. The summed E-state index contributed by atoms with van der Waals surface area (Å²) in [6.45, 7) is 0. The molecule has 0 unspecified atom stereocenters. The van der Waals surface area contributed by atoms with Gasteiger partial charge in [-0.15, -0.1) is 5.26 Å². The predicted molar refractivity (Wildman–Crippen MR) is 40.4 cm³/mol. The molecule has 0 aliphatic carbocycles. The van der Waals surface area contributed by atoms with E-state index in [1.54, 1.807) is 0 Å². The zero-order valence-corrected chi connectivity index (χ0v) is 8.25. The van der Waals surface area contributed by atoms with E-state index in [4.69, 9.17) is 5.26 Å². The topological polar surface area (TPSA) is 90.2 Å². The lowest BCUT2D eigenvalue weighted by Gasteiger charge is -2.07. The van der Waals surface area contributed by atoms with Crippen molar-refractivity contribution in [3.63, 3.8) is 0 Å². The highest BCUT2D eigenvalue weighted by Crippen LogP contribution is 1.79. The largest absolute Gasteiger partial charge is 0.726 e. The summed E-state index contributed by atoms with van der Waals surface area (Å²) in [7, 11) is 1.85. The fourth-order valence-corrected chi connectivity index (χ4v) is 0. The van der Waals surface area contributed by atoms with E-state index in [1.165, 1.54) is 0 Å². The van der Waals surface area contributed by atoms with Gasteiger partial charge in [-0.3, -0.25) is 4.18 Å². The van der Waals surface area contributed by atoms with E-state index < -0.39 is 10.4 Å². The average molecular weight is 196 g/mol. The van der Waals surface area contributed by atoms with Crippen LogP contribution in [0.25, 0.3) is 0 Å². The third-order valence-electron chi connectivity index (χ3n) is 0.504. The minimum Gasteiger partial charge on any atom is -0.726 e. The lowest BCUT2D eigenvalue weighted by atomic mass is 10.8. The van der Waals surface area contributed by atoms with E-state index in [9.17, 15) is 13.0 Å². The van der Waals surface area contributed by atoms with Crippen molar-refractivity contribution >= 4 is 10.4 Å². The van der Waals surface area contributed by atoms with Crippen molar-refractivity contribution in [1.29, 1.82) is 5.26 Å². The van der Waals surface area contributed by atoms with Crippen LogP contribution in [0.2, 0.25) is 0 Å².